The van der Waals surface area contributed by atoms with Gasteiger partial charge in [0.05, 0.1) is 13.0 Å². The van der Waals surface area contributed by atoms with Crippen molar-refractivity contribution in [3.63, 3.8) is 0 Å². The highest BCUT2D eigenvalue weighted by Gasteiger charge is 2.20. The van der Waals surface area contributed by atoms with Crippen LogP contribution in [-0.2, 0) is 4.79 Å². The lowest BCUT2D eigenvalue weighted by Crippen LogP contribution is -2.30. The summed E-state index contributed by atoms with van der Waals surface area (Å²) in [5, 5.41) is 14.1. The Hall–Kier alpha value is -2.30. The molecule has 0 aliphatic carbocycles. The summed E-state index contributed by atoms with van der Waals surface area (Å²) in [6, 6.07) is 7.36. The van der Waals surface area contributed by atoms with Crippen LogP contribution in [0.15, 0.2) is 30.5 Å². The van der Waals surface area contributed by atoms with Crippen molar-refractivity contribution < 1.29 is 14.6 Å². The number of fused-ring (bicyclic) bond motifs is 1. The molecule has 2 aromatic rings. The molecule has 5 nitrogen and oxygen atoms in total. The van der Waals surface area contributed by atoms with Gasteiger partial charge in [0.1, 0.15) is 11.6 Å². The first-order valence-electron chi connectivity index (χ1n) is 6.45. The van der Waals surface area contributed by atoms with Crippen LogP contribution in [0, 0.1) is 5.92 Å². The molecule has 2 rings (SSSR count). The lowest BCUT2D eigenvalue weighted by molar-refractivity contribution is -0.141. The molecular weight excluding hydrogens is 256 g/mol. The third-order valence-electron chi connectivity index (χ3n) is 3.49. The zero-order valence-electron chi connectivity index (χ0n) is 11.8. The average molecular weight is 274 g/mol. The van der Waals surface area contributed by atoms with Gasteiger partial charge >= 0.3 is 5.97 Å². The van der Waals surface area contributed by atoms with E-state index in [0.717, 1.165) is 16.5 Å². The van der Waals surface area contributed by atoms with Crippen LogP contribution in [0.25, 0.3) is 10.8 Å². The number of anilines is 1. The molecule has 2 atom stereocenters. The molecule has 0 saturated carbocycles. The van der Waals surface area contributed by atoms with E-state index in [9.17, 15) is 4.79 Å². The SMILES string of the molecule is COc1cccc2c(NC(C)C(C)C(=O)O)nccc12. The van der Waals surface area contributed by atoms with Gasteiger partial charge in [-0.2, -0.15) is 0 Å². The lowest BCUT2D eigenvalue weighted by Gasteiger charge is -2.19. The normalized spacial score (nSPS) is 13.8. The van der Waals surface area contributed by atoms with Gasteiger partial charge in [-0.1, -0.05) is 12.1 Å². The van der Waals surface area contributed by atoms with Crippen LogP contribution in [0.5, 0.6) is 5.75 Å². The van der Waals surface area contributed by atoms with E-state index in [-0.39, 0.29) is 6.04 Å². The van der Waals surface area contributed by atoms with Gasteiger partial charge in [-0.25, -0.2) is 4.98 Å². The van der Waals surface area contributed by atoms with E-state index in [4.69, 9.17) is 9.84 Å². The summed E-state index contributed by atoms with van der Waals surface area (Å²) in [4.78, 5) is 15.3. The Morgan fingerprint density at radius 3 is 2.70 bits per heavy atom. The van der Waals surface area contributed by atoms with Gasteiger partial charge in [0.2, 0.25) is 0 Å². The van der Waals surface area contributed by atoms with E-state index >= 15 is 0 Å². The summed E-state index contributed by atoms with van der Waals surface area (Å²) in [5.41, 5.74) is 0. The predicted octanol–water partition coefficient (Wildman–Crippen LogP) is 2.76. The van der Waals surface area contributed by atoms with E-state index < -0.39 is 11.9 Å². The Balaban J connectivity index is 2.38. The summed E-state index contributed by atoms with van der Waals surface area (Å²) >= 11 is 0. The third-order valence-corrected chi connectivity index (χ3v) is 3.49. The second-order valence-electron chi connectivity index (χ2n) is 4.77. The summed E-state index contributed by atoms with van der Waals surface area (Å²) in [7, 11) is 1.62. The van der Waals surface area contributed by atoms with Crippen LogP contribution in [0.4, 0.5) is 5.82 Å². The summed E-state index contributed by atoms with van der Waals surface area (Å²) in [5.74, 6) is 0.106. The van der Waals surface area contributed by atoms with Crippen molar-refractivity contribution in [1.29, 1.82) is 0 Å². The Bertz CT molecular complexity index is 628. The maximum Gasteiger partial charge on any atom is 0.308 e. The number of carbonyl (C=O) groups is 1. The number of aliphatic carboxylic acids is 1. The average Bonchev–Trinajstić information content (AvgIpc) is 2.45. The van der Waals surface area contributed by atoms with Crippen molar-refractivity contribution >= 4 is 22.6 Å². The number of carboxylic acid groups (broad SMARTS) is 1. The molecule has 0 radical (unpaired) electrons. The molecule has 0 bridgehead atoms. The molecule has 0 aliphatic heterocycles. The third kappa shape index (κ3) is 2.66. The Morgan fingerprint density at radius 2 is 2.05 bits per heavy atom. The molecule has 2 N–H and O–H groups in total. The van der Waals surface area contributed by atoms with Gasteiger partial charge < -0.3 is 15.2 Å². The number of methoxy groups -OCH3 is 1. The van der Waals surface area contributed by atoms with Crippen LogP contribution in [0.3, 0.4) is 0 Å². The zero-order chi connectivity index (χ0) is 14.7. The van der Waals surface area contributed by atoms with Crippen molar-refractivity contribution in [2.24, 2.45) is 5.92 Å². The Kier molecular flexibility index (Phi) is 4.08. The number of nitrogens with zero attached hydrogens (tertiary/aromatic N) is 1. The second kappa shape index (κ2) is 5.77. The number of rotatable bonds is 5. The molecule has 0 fully saturated rings. The van der Waals surface area contributed by atoms with Crippen molar-refractivity contribution in [1.82, 2.24) is 4.98 Å². The van der Waals surface area contributed by atoms with Crippen molar-refractivity contribution in [3.05, 3.63) is 30.5 Å². The first-order valence-corrected chi connectivity index (χ1v) is 6.45. The van der Waals surface area contributed by atoms with Gasteiger partial charge in [0, 0.05) is 23.0 Å². The number of aromatic nitrogens is 1. The second-order valence-corrected chi connectivity index (χ2v) is 4.77. The highest BCUT2D eigenvalue weighted by Crippen LogP contribution is 2.29. The van der Waals surface area contributed by atoms with Crippen molar-refractivity contribution in [2.45, 2.75) is 19.9 Å². The molecule has 0 saturated heterocycles. The van der Waals surface area contributed by atoms with E-state index in [1.807, 2.05) is 31.2 Å². The van der Waals surface area contributed by atoms with E-state index in [1.165, 1.54) is 0 Å². The predicted molar refractivity (Wildman–Crippen MR) is 78.2 cm³/mol. The number of nitrogens with one attached hydrogen (secondary N) is 1. The molecule has 1 heterocycles. The fourth-order valence-corrected chi connectivity index (χ4v) is 2.03. The number of benzene rings is 1. The number of pyridine rings is 1. The van der Waals surface area contributed by atoms with Crippen LogP contribution in [-0.4, -0.2) is 29.2 Å². The van der Waals surface area contributed by atoms with Gasteiger partial charge in [-0.3, -0.25) is 4.79 Å². The van der Waals surface area contributed by atoms with E-state index in [2.05, 4.69) is 10.3 Å². The number of ether oxygens (including phenoxy) is 1. The van der Waals surface area contributed by atoms with E-state index in [1.54, 1.807) is 20.2 Å². The first-order chi connectivity index (χ1) is 9.54. The standard InChI is InChI=1S/C15H18N2O3/c1-9(15(18)19)10(2)17-14-12-5-4-6-13(20-3)11(12)7-8-16-14/h4-10H,1-3H3,(H,16,17)(H,18,19). The largest absolute Gasteiger partial charge is 0.496 e. The molecule has 1 aromatic heterocycles. The van der Waals surface area contributed by atoms with Gasteiger partial charge in [-0.15, -0.1) is 0 Å². The monoisotopic (exact) mass is 274 g/mol. The van der Waals surface area contributed by atoms with Crippen molar-refractivity contribution in [3.8, 4) is 5.75 Å². The van der Waals surface area contributed by atoms with Crippen LogP contribution in [0.1, 0.15) is 13.8 Å². The summed E-state index contributed by atoms with van der Waals surface area (Å²) in [6.45, 7) is 3.51. The highest BCUT2D eigenvalue weighted by molar-refractivity contribution is 5.96. The van der Waals surface area contributed by atoms with Gasteiger partial charge in [0.15, 0.2) is 0 Å². The zero-order valence-corrected chi connectivity index (χ0v) is 11.8. The molecule has 0 aliphatic rings. The fraction of sp³-hybridized carbons (Fsp3) is 0.333. The molecule has 20 heavy (non-hydrogen) atoms. The van der Waals surface area contributed by atoms with Crippen LogP contribution >= 0.6 is 0 Å². The van der Waals surface area contributed by atoms with Gasteiger partial charge in [0.25, 0.3) is 0 Å². The molecule has 5 heteroatoms. The molecule has 0 spiro atoms. The summed E-state index contributed by atoms with van der Waals surface area (Å²) in [6.07, 6.45) is 1.69. The highest BCUT2D eigenvalue weighted by atomic mass is 16.5. The minimum Gasteiger partial charge on any atom is -0.496 e. The first kappa shape index (κ1) is 14.1. The Labute approximate surface area is 117 Å². The van der Waals surface area contributed by atoms with Crippen molar-refractivity contribution in [2.75, 3.05) is 12.4 Å². The van der Waals surface area contributed by atoms with Gasteiger partial charge in [-0.05, 0) is 26.0 Å². The van der Waals surface area contributed by atoms with Crippen LogP contribution in [0.2, 0.25) is 0 Å². The minimum absolute atomic E-state index is 0.225. The molecule has 1 aromatic carbocycles. The lowest BCUT2D eigenvalue weighted by atomic mass is 10.0. The summed E-state index contributed by atoms with van der Waals surface area (Å²) < 4.78 is 5.32. The topological polar surface area (TPSA) is 71.5 Å². The maximum atomic E-state index is 11.0. The minimum atomic E-state index is -0.831. The number of carboxylic acids is 1. The fourth-order valence-electron chi connectivity index (χ4n) is 2.03. The molecule has 2 unspecified atom stereocenters. The molecule has 106 valence electrons. The quantitative estimate of drug-likeness (QED) is 0.877. The number of hydrogen-bond donors (Lipinski definition) is 2. The van der Waals surface area contributed by atoms with E-state index in [0.29, 0.717) is 5.82 Å². The maximum absolute atomic E-state index is 11.0. The molecular formula is C15H18N2O3. The Morgan fingerprint density at radius 1 is 1.30 bits per heavy atom. The molecule has 0 amide bonds. The smallest absolute Gasteiger partial charge is 0.308 e. The van der Waals surface area contributed by atoms with Crippen LogP contribution < -0.4 is 10.1 Å². The number of hydrogen-bond acceptors (Lipinski definition) is 4.